The molecule has 3 aromatic rings. The van der Waals surface area contributed by atoms with Crippen molar-refractivity contribution < 1.29 is 4.79 Å². The second-order valence-corrected chi connectivity index (χ2v) is 6.88. The summed E-state index contributed by atoms with van der Waals surface area (Å²) in [6.45, 7) is 2.04. The van der Waals surface area contributed by atoms with Crippen LogP contribution in [0.4, 0.5) is 17.3 Å². The van der Waals surface area contributed by atoms with Crippen LogP contribution in [0.15, 0.2) is 41.3 Å². The average molecular weight is 374 g/mol. The Morgan fingerprint density at radius 2 is 2.14 bits per heavy atom. The van der Waals surface area contributed by atoms with E-state index in [0.717, 1.165) is 18.2 Å². The second-order valence-electron chi connectivity index (χ2n) is 6.88. The lowest BCUT2D eigenvalue weighted by atomic mass is 10.1. The zero-order chi connectivity index (χ0) is 19.7. The Bertz CT molecular complexity index is 1170. The van der Waals surface area contributed by atoms with E-state index in [-0.39, 0.29) is 11.5 Å². The van der Waals surface area contributed by atoms with Crippen molar-refractivity contribution in [3.05, 3.63) is 52.4 Å². The minimum atomic E-state index is -0.264. The first kappa shape index (κ1) is 17.7. The van der Waals surface area contributed by atoms with E-state index in [0.29, 0.717) is 41.0 Å². The van der Waals surface area contributed by atoms with Crippen LogP contribution in [0, 0.1) is 17.2 Å². The van der Waals surface area contributed by atoms with Gasteiger partial charge in [-0.05, 0) is 43.0 Å². The van der Waals surface area contributed by atoms with Crippen molar-refractivity contribution in [3.8, 4) is 6.07 Å². The van der Waals surface area contributed by atoms with E-state index in [9.17, 15) is 14.9 Å². The minimum Gasteiger partial charge on any atom is -0.325 e. The van der Waals surface area contributed by atoms with Gasteiger partial charge in [0.1, 0.15) is 11.7 Å². The molecule has 0 atom stereocenters. The molecule has 28 heavy (non-hydrogen) atoms. The van der Waals surface area contributed by atoms with Crippen molar-refractivity contribution in [3.63, 3.8) is 0 Å². The number of hydrogen-bond acceptors (Lipinski definition) is 6. The first-order valence-corrected chi connectivity index (χ1v) is 8.99. The number of benzene rings is 1. The number of nitrogens with one attached hydrogen (secondary N) is 2. The molecular formula is C20H18N6O2. The Balaban J connectivity index is 1.69. The van der Waals surface area contributed by atoms with Gasteiger partial charge in [-0.1, -0.05) is 0 Å². The van der Waals surface area contributed by atoms with Gasteiger partial charge in [0.2, 0.25) is 11.9 Å². The summed E-state index contributed by atoms with van der Waals surface area (Å²) in [5.41, 5.74) is 1.90. The fraction of sp³-hybridized carbons (Fsp3) is 0.250. The second kappa shape index (κ2) is 7.12. The van der Waals surface area contributed by atoms with Crippen LogP contribution in [0.25, 0.3) is 11.0 Å². The maximum atomic E-state index is 12.3. The molecule has 0 aliphatic heterocycles. The third-order valence-corrected chi connectivity index (χ3v) is 4.57. The van der Waals surface area contributed by atoms with Crippen molar-refractivity contribution in [2.45, 2.75) is 26.3 Å². The number of nitriles is 1. The molecule has 2 N–H and O–H groups in total. The number of nitrogens with zero attached hydrogens (tertiary/aromatic N) is 4. The number of hydrogen-bond donors (Lipinski definition) is 2. The largest absolute Gasteiger partial charge is 0.325 e. The lowest BCUT2D eigenvalue weighted by Gasteiger charge is -2.12. The van der Waals surface area contributed by atoms with Gasteiger partial charge in [0.25, 0.3) is 5.56 Å². The highest BCUT2D eigenvalue weighted by Crippen LogP contribution is 2.31. The number of rotatable bonds is 5. The molecule has 0 bridgehead atoms. The van der Waals surface area contributed by atoms with Crippen molar-refractivity contribution in [2.75, 3.05) is 10.6 Å². The monoisotopic (exact) mass is 374 g/mol. The molecule has 1 aromatic carbocycles. The van der Waals surface area contributed by atoms with E-state index in [1.165, 1.54) is 6.92 Å². The van der Waals surface area contributed by atoms with E-state index in [1.54, 1.807) is 41.1 Å². The van der Waals surface area contributed by atoms with Gasteiger partial charge in [-0.2, -0.15) is 10.2 Å². The zero-order valence-electron chi connectivity index (χ0n) is 15.3. The van der Waals surface area contributed by atoms with Gasteiger partial charge in [-0.25, -0.2) is 4.98 Å². The van der Waals surface area contributed by atoms with Crippen molar-refractivity contribution in [1.29, 1.82) is 5.26 Å². The summed E-state index contributed by atoms with van der Waals surface area (Å²) in [7, 11) is 0. The summed E-state index contributed by atoms with van der Waals surface area (Å²) < 4.78 is 1.70. The van der Waals surface area contributed by atoms with Gasteiger partial charge >= 0.3 is 0 Å². The summed E-state index contributed by atoms with van der Waals surface area (Å²) in [6.07, 6.45) is 3.94. The summed E-state index contributed by atoms with van der Waals surface area (Å²) in [6, 6.07) is 10.3. The number of aromatic nitrogens is 3. The molecule has 8 heteroatoms. The summed E-state index contributed by atoms with van der Waals surface area (Å²) >= 11 is 0. The van der Waals surface area contributed by atoms with Crippen LogP contribution in [0.5, 0.6) is 0 Å². The molecule has 140 valence electrons. The van der Waals surface area contributed by atoms with Crippen LogP contribution in [-0.4, -0.2) is 20.4 Å². The van der Waals surface area contributed by atoms with E-state index in [2.05, 4.69) is 20.6 Å². The third-order valence-electron chi connectivity index (χ3n) is 4.57. The van der Waals surface area contributed by atoms with Crippen LogP contribution in [0.1, 0.15) is 25.3 Å². The maximum absolute atomic E-state index is 12.3. The Kier molecular flexibility index (Phi) is 4.49. The normalized spacial score (nSPS) is 13.1. The Hall–Kier alpha value is -3.73. The topological polar surface area (TPSA) is 113 Å². The third kappa shape index (κ3) is 3.69. The van der Waals surface area contributed by atoms with Gasteiger partial charge < -0.3 is 10.6 Å². The predicted molar refractivity (Wildman–Crippen MR) is 105 cm³/mol. The molecule has 1 saturated carbocycles. The highest BCUT2D eigenvalue weighted by Gasteiger charge is 2.23. The standard InChI is InChI=1S/C20H18N6O2/c1-12(27)23-17-8-16(6-4-14(17)9-21)24-20-22-10-15-5-7-18(28)26(19(15)25-20)11-13-2-3-13/h4-8,10,13H,2-3,11H2,1H3,(H,23,27)(H,22,24,25). The average Bonchev–Trinajstić information content (AvgIpc) is 3.48. The highest BCUT2D eigenvalue weighted by molar-refractivity contribution is 5.91. The molecule has 4 rings (SSSR count). The van der Waals surface area contributed by atoms with Gasteiger partial charge in [-0.3, -0.25) is 14.2 Å². The van der Waals surface area contributed by atoms with Crippen LogP contribution < -0.4 is 16.2 Å². The molecule has 2 aromatic heterocycles. The van der Waals surface area contributed by atoms with Gasteiger partial charge in [0.05, 0.1) is 11.3 Å². The molecule has 2 heterocycles. The number of fused-ring (bicyclic) bond motifs is 1. The SMILES string of the molecule is CC(=O)Nc1cc(Nc2ncc3ccc(=O)n(CC4CC4)c3n2)ccc1C#N. The van der Waals surface area contributed by atoms with Crippen LogP contribution in [-0.2, 0) is 11.3 Å². The molecule has 8 nitrogen and oxygen atoms in total. The number of carbonyl (C=O) groups is 1. The van der Waals surface area contributed by atoms with Gasteiger partial charge in [-0.15, -0.1) is 0 Å². The fourth-order valence-corrected chi connectivity index (χ4v) is 3.01. The molecule has 1 aliphatic carbocycles. The van der Waals surface area contributed by atoms with Crippen LogP contribution in [0.2, 0.25) is 0 Å². The Morgan fingerprint density at radius 3 is 2.86 bits per heavy atom. The van der Waals surface area contributed by atoms with Gasteiger partial charge in [0.15, 0.2) is 0 Å². The smallest absolute Gasteiger partial charge is 0.252 e. The maximum Gasteiger partial charge on any atom is 0.252 e. The van der Waals surface area contributed by atoms with E-state index < -0.39 is 0 Å². The van der Waals surface area contributed by atoms with Crippen LogP contribution in [0.3, 0.4) is 0 Å². The summed E-state index contributed by atoms with van der Waals surface area (Å²) in [4.78, 5) is 32.5. The molecule has 0 spiro atoms. The lowest BCUT2D eigenvalue weighted by Crippen LogP contribution is -2.21. The molecule has 0 saturated heterocycles. The summed E-state index contributed by atoms with van der Waals surface area (Å²) in [5, 5.41) is 15.7. The van der Waals surface area contributed by atoms with Gasteiger partial charge in [0, 0.05) is 36.8 Å². The van der Waals surface area contributed by atoms with Crippen molar-refractivity contribution in [2.24, 2.45) is 5.92 Å². The first-order chi connectivity index (χ1) is 13.5. The number of amides is 1. The number of pyridine rings is 1. The molecule has 0 unspecified atom stereocenters. The molecule has 1 amide bonds. The predicted octanol–water partition coefficient (Wildman–Crippen LogP) is 2.78. The summed E-state index contributed by atoms with van der Waals surface area (Å²) in [5.74, 6) is 0.606. The van der Waals surface area contributed by atoms with Crippen molar-refractivity contribution >= 4 is 34.3 Å². The Morgan fingerprint density at radius 1 is 1.32 bits per heavy atom. The van der Waals surface area contributed by atoms with E-state index in [4.69, 9.17) is 0 Å². The lowest BCUT2D eigenvalue weighted by molar-refractivity contribution is -0.114. The van der Waals surface area contributed by atoms with Crippen molar-refractivity contribution in [1.82, 2.24) is 14.5 Å². The van der Waals surface area contributed by atoms with Crippen LogP contribution >= 0.6 is 0 Å². The zero-order valence-corrected chi connectivity index (χ0v) is 15.3. The minimum absolute atomic E-state index is 0.0737. The molecule has 0 radical (unpaired) electrons. The highest BCUT2D eigenvalue weighted by atomic mass is 16.1. The first-order valence-electron chi connectivity index (χ1n) is 8.99. The number of anilines is 3. The fourth-order valence-electron chi connectivity index (χ4n) is 3.01. The molecule has 1 fully saturated rings. The quantitative estimate of drug-likeness (QED) is 0.710. The Labute approximate surface area is 160 Å². The van der Waals surface area contributed by atoms with E-state index in [1.807, 2.05) is 6.07 Å². The molecular weight excluding hydrogens is 356 g/mol. The van der Waals surface area contributed by atoms with E-state index >= 15 is 0 Å². The molecule has 1 aliphatic rings. The number of carbonyl (C=O) groups excluding carboxylic acids is 1.